The summed E-state index contributed by atoms with van der Waals surface area (Å²) in [5.41, 5.74) is 0.183. The second-order valence-electron chi connectivity index (χ2n) is 10.9. The molecular formula is C32H40NO6PSi. The molecule has 7 nitrogen and oxygen atoms in total. The first-order chi connectivity index (χ1) is 19.4. The summed E-state index contributed by atoms with van der Waals surface area (Å²) < 4.78 is 43.5. The highest BCUT2D eigenvalue weighted by Gasteiger charge is 2.40. The minimum absolute atomic E-state index is 0.104. The Kier molecular flexibility index (Phi) is 10.4. The van der Waals surface area contributed by atoms with Crippen molar-refractivity contribution in [1.29, 1.82) is 0 Å². The fourth-order valence-electron chi connectivity index (χ4n) is 3.73. The summed E-state index contributed by atoms with van der Waals surface area (Å²) in [6.07, 6.45) is 1.61. The maximum atomic E-state index is 14.9. The Morgan fingerprint density at radius 1 is 0.951 bits per heavy atom. The lowest BCUT2D eigenvalue weighted by Gasteiger charge is -2.37. The fraction of sp³-hybridized carbons (Fsp3) is 0.312. The topological polar surface area (TPSA) is 83.4 Å². The van der Waals surface area contributed by atoms with E-state index in [1.807, 2.05) is 12.1 Å². The van der Waals surface area contributed by atoms with Crippen LogP contribution < -0.4 is 24.5 Å². The van der Waals surface area contributed by atoms with Crippen molar-refractivity contribution in [1.82, 2.24) is 0 Å². The molecule has 0 unspecified atom stereocenters. The van der Waals surface area contributed by atoms with Gasteiger partial charge < -0.3 is 18.6 Å². The highest BCUT2D eigenvalue weighted by Crippen LogP contribution is 2.47. The Morgan fingerprint density at radius 2 is 1.51 bits per heavy atom. The van der Waals surface area contributed by atoms with E-state index < -0.39 is 21.6 Å². The molecule has 0 spiro atoms. The van der Waals surface area contributed by atoms with Crippen molar-refractivity contribution in [3.63, 3.8) is 0 Å². The third-order valence-electron chi connectivity index (χ3n) is 6.97. The van der Waals surface area contributed by atoms with Crippen molar-refractivity contribution in [3.05, 3.63) is 91.0 Å². The fourth-order valence-corrected chi connectivity index (χ4v) is 6.91. The van der Waals surface area contributed by atoms with Crippen molar-refractivity contribution < 1.29 is 28.0 Å². The van der Waals surface area contributed by atoms with Crippen LogP contribution in [0.5, 0.6) is 17.2 Å². The summed E-state index contributed by atoms with van der Waals surface area (Å²) in [4.78, 5) is 13.7. The van der Waals surface area contributed by atoms with Crippen LogP contribution in [0, 0.1) is 0 Å². The van der Waals surface area contributed by atoms with Gasteiger partial charge in [0.1, 0.15) is 12.4 Å². The van der Waals surface area contributed by atoms with E-state index in [2.05, 4.69) is 40.4 Å². The van der Waals surface area contributed by atoms with Crippen LogP contribution in [0.2, 0.25) is 18.1 Å². The first kappa shape index (κ1) is 31.9. The standard InChI is InChI=1S/C32H40NO6PSi/c1-9-21-38-29-22-26(27(23-28(29)36-6)39-41(7,8)32(3,4)5)30(31(34)37-10-2)33-40(35,24-17-13-11-14-18-24)25-19-15-12-16-20-25/h9,11-20,22-23H,1,10,21H2,2-8H3/b33-30+. The summed E-state index contributed by atoms with van der Waals surface area (Å²) in [5, 5.41) is 0.813. The molecule has 0 aliphatic heterocycles. The van der Waals surface area contributed by atoms with Gasteiger partial charge in [-0.3, -0.25) is 4.57 Å². The number of hydrogen-bond donors (Lipinski definition) is 0. The zero-order chi connectivity index (χ0) is 30.3. The van der Waals surface area contributed by atoms with Gasteiger partial charge in [-0.25, -0.2) is 9.56 Å². The molecule has 0 fully saturated rings. The molecule has 41 heavy (non-hydrogen) atoms. The number of hydrogen-bond acceptors (Lipinski definition) is 6. The number of methoxy groups -OCH3 is 1. The first-order valence-corrected chi connectivity index (χ1v) is 18.1. The first-order valence-electron chi connectivity index (χ1n) is 13.5. The number of ether oxygens (including phenoxy) is 3. The molecule has 0 saturated carbocycles. The molecule has 9 heteroatoms. The Morgan fingerprint density at radius 3 is 1.98 bits per heavy atom. The second kappa shape index (κ2) is 13.4. The van der Waals surface area contributed by atoms with Crippen LogP contribution in [0.4, 0.5) is 0 Å². The Labute approximate surface area is 244 Å². The highest BCUT2D eigenvalue weighted by molar-refractivity contribution is 7.77. The largest absolute Gasteiger partial charge is 0.543 e. The molecule has 218 valence electrons. The number of nitrogens with zero attached hydrogens (tertiary/aromatic N) is 1. The number of carbonyl (C=O) groups is 1. The van der Waals surface area contributed by atoms with Crippen LogP contribution in [-0.2, 0) is 14.1 Å². The lowest BCUT2D eigenvalue weighted by atomic mass is 10.1. The van der Waals surface area contributed by atoms with Gasteiger partial charge in [-0.2, -0.15) is 0 Å². The molecule has 0 heterocycles. The van der Waals surface area contributed by atoms with E-state index in [4.69, 9.17) is 23.4 Å². The highest BCUT2D eigenvalue weighted by atomic mass is 31.2. The minimum Gasteiger partial charge on any atom is -0.543 e. The SMILES string of the molecule is C=CCOc1cc(/C(=N\P(=O)(c2ccccc2)c2ccccc2)C(=O)OCC)c(O[Si](C)(C)C(C)(C)C)cc1OC. The summed E-state index contributed by atoms with van der Waals surface area (Å²) in [5.74, 6) is 0.427. The van der Waals surface area contributed by atoms with Gasteiger partial charge in [-0.15, -0.1) is 0 Å². The van der Waals surface area contributed by atoms with E-state index in [0.717, 1.165) is 0 Å². The van der Waals surface area contributed by atoms with E-state index in [-0.39, 0.29) is 24.0 Å². The molecule has 0 saturated heterocycles. The van der Waals surface area contributed by atoms with Crippen LogP contribution >= 0.6 is 7.29 Å². The van der Waals surface area contributed by atoms with Crippen molar-refractivity contribution >= 4 is 37.9 Å². The van der Waals surface area contributed by atoms with Crippen LogP contribution in [-0.4, -0.2) is 40.3 Å². The predicted molar refractivity (Wildman–Crippen MR) is 169 cm³/mol. The number of benzene rings is 3. The third kappa shape index (κ3) is 7.37. The van der Waals surface area contributed by atoms with Crippen molar-refractivity contribution in [2.45, 2.75) is 45.8 Å². The zero-order valence-corrected chi connectivity index (χ0v) is 26.9. The molecule has 0 aromatic heterocycles. The van der Waals surface area contributed by atoms with Gasteiger partial charge in [0.15, 0.2) is 17.2 Å². The van der Waals surface area contributed by atoms with Crippen LogP contribution in [0.1, 0.15) is 33.3 Å². The second-order valence-corrected chi connectivity index (χ2v) is 18.0. The molecule has 0 radical (unpaired) electrons. The van der Waals surface area contributed by atoms with Gasteiger partial charge in [-0.05, 0) is 55.4 Å². The normalized spacial score (nSPS) is 12.4. The monoisotopic (exact) mass is 593 g/mol. The van der Waals surface area contributed by atoms with Gasteiger partial charge in [0.25, 0.3) is 8.32 Å². The number of rotatable bonds is 12. The zero-order valence-electron chi connectivity index (χ0n) is 25.0. The Hall–Kier alpha value is -3.61. The van der Waals surface area contributed by atoms with Gasteiger partial charge in [0, 0.05) is 16.7 Å². The summed E-state index contributed by atoms with van der Waals surface area (Å²) in [6, 6.07) is 21.2. The van der Waals surface area contributed by atoms with E-state index in [9.17, 15) is 9.36 Å². The van der Waals surface area contributed by atoms with Crippen molar-refractivity contribution in [2.75, 3.05) is 20.3 Å². The van der Waals surface area contributed by atoms with Gasteiger partial charge in [0.2, 0.25) is 7.29 Å². The lowest BCUT2D eigenvalue weighted by Crippen LogP contribution is -2.44. The smallest absolute Gasteiger partial charge is 0.357 e. The summed E-state index contributed by atoms with van der Waals surface area (Å²) in [7, 11) is -4.62. The van der Waals surface area contributed by atoms with Crippen molar-refractivity contribution in [3.8, 4) is 17.2 Å². The predicted octanol–water partition coefficient (Wildman–Crippen LogP) is 6.93. The Balaban J connectivity index is 2.42. The molecule has 0 atom stereocenters. The molecule has 3 aromatic rings. The van der Waals surface area contributed by atoms with Gasteiger partial charge >= 0.3 is 5.97 Å². The van der Waals surface area contributed by atoms with Crippen molar-refractivity contribution in [2.24, 2.45) is 4.76 Å². The molecule has 3 aromatic carbocycles. The average molecular weight is 594 g/mol. The molecule has 0 N–H and O–H groups in total. The van der Waals surface area contributed by atoms with Crippen LogP contribution in [0.3, 0.4) is 0 Å². The Bertz CT molecular complexity index is 1390. The van der Waals surface area contributed by atoms with Crippen LogP contribution in [0.15, 0.2) is 90.2 Å². The molecule has 0 amide bonds. The van der Waals surface area contributed by atoms with Gasteiger partial charge in [-0.1, -0.05) is 69.8 Å². The lowest BCUT2D eigenvalue weighted by molar-refractivity contribution is -0.134. The maximum Gasteiger partial charge on any atom is 0.357 e. The van der Waals surface area contributed by atoms with E-state index in [1.54, 1.807) is 73.7 Å². The molecular weight excluding hydrogens is 553 g/mol. The summed E-state index contributed by atoms with van der Waals surface area (Å²) in [6.45, 7) is 16.3. The van der Waals surface area contributed by atoms with Gasteiger partial charge in [0.05, 0.1) is 19.3 Å². The molecule has 0 bridgehead atoms. The number of esters is 1. The molecule has 3 rings (SSSR count). The maximum absolute atomic E-state index is 14.9. The third-order valence-corrected chi connectivity index (χ3v) is 13.8. The average Bonchev–Trinajstić information content (AvgIpc) is 2.95. The minimum atomic E-state index is -3.73. The summed E-state index contributed by atoms with van der Waals surface area (Å²) >= 11 is 0. The van der Waals surface area contributed by atoms with E-state index in [0.29, 0.717) is 33.4 Å². The molecule has 0 aliphatic rings. The quantitative estimate of drug-likeness (QED) is 0.0745. The van der Waals surface area contributed by atoms with E-state index in [1.165, 1.54) is 7.11 Å². The number of carbonyl (C=O) groups excluding carboxylic acids is 1. The van der Waals surface area contributed by atoms with E-state index >= 15 is 0 Å². The molecule has 0 aliphatic carbocycles. The van der Waals surface area contributed by atoms with Crippen LogP contribution in [0.25, 0.3) is 0 Å².